The summed E-state index contributed by atoms with van der Waals surface area (Å²) in [6.07, 6.45) is 5.41. The number of hydrogen-bond donors (Lipinski definition) is 1. The van der Waals surface area contributed by atoms with Crippen molar-refractivity contribution in [3.8, 4) is 5.75 Å². The quantitative estimate of drug-likeness (QED) is 0.638. The Balaban J connectivity index is 1.59. The molecule has 6 nitrogen and oxygen atoms in total. The number of nitrogens with one attached hydrogen (secondary N) is 1. The number of rotatable bonds is 9. The third kappa shape index (κ3) is 5.28. The molecule has 1 aliphatic rings. The van der Waals surface area contributed by atoms with Gasteiger partial charge in [0.15, 0.2) is 17.1 Å². The van der Waals surface area contributed by atoms with Crippen LogP contribution in [-0.2, 0) is 17.8 Å². The highest BCUT2D eigenvalue weighted by Gasteiger charge is 2.21. The maximum Gasteiger partial charge on any atom is 0.230 e. The average molecular weight is 403 g/mol. The molecule has 1 aliphatic carbocycles. The normalized spacial score (nSPS) is 15.5. The van der Waals surface area contributed by atoms with Crippen LogP contribution in [-0.4, -0.2) is 32.5 Å². The van der Waals surface area contributed by atoms with Crippen molar-refractivity contribution in [2.45, 2.75) is 76.7 Å². The van der Waals surface area contributed by atoms with Crippen LogP contribution in [0.25, 0.3) is 0 Å². The van der Waals surface area contributed by atoms with Crippen molar-refractivity contribution in [1.29, 1.82) is 0 Å². The van der Waals surface area contributed by atoms with Crippen LogP contribution in [0.3, 0.4) is 0 Å². The first-order valence-corrected chi connectivity index (χ1v) is 11.2. The summed E-state index contributed by atoms with van der Waals surface area (Å²) in [4.78, 5) is 12.2. The van der Waals surface area contributed by atoms with E-state index in [2.05, 4.69) is 41.5 Å². The Morgan fingerprint density at radius 3 is 2.61 bits per heavy atom. The zero-order valence-electron chi connectivity index (χ0n) is 17.0. The molecular weight excluding hydrogens is 372 g/mol. The molecule has 1 atom stereocenters. The summed E-state index contributed by atoms with van der Waals surface area (Å²) in [5, 5.41) is 12.5. The highest BCUT2D eigenvalue weighted by atomic mass is 32.2. The lowest BCUT2D eigenvalue weighted by Gasteiger charge is -2.16. The second kappa shape index (κ2) is 9.96. The molecule has 3 rings (SSSR count). The van der Waals surface area contributed by atoms with E-state index >= 15 is 0 Å². The van der Waals surface area contributed by atoms with E-state index in [-0.39, 0.29) is 12.0 Å². The molecule has 2 aromatic rings. The summed E-state index contributed by atoms with van der Waals surface area (Å²) in [5.41, 5.74) is 1.28. The van der Waals surface area contributed by atoms with Crippen molar-refractivity contribution in [3.05, 3.63) is 35.7 Å². The third-order valence-corrected chi connectivity index (χ3v) is 6.09. The monoisotopic (exact) mass is 402 g/mol. The molecule has 0 aliphatic heterocycles. The van der Waals surface area contributed by atoms with Gasteiger partial charge in [-0.15, -0.1) is 10.2 Å². The van der Waals surface area contributed by atoms with Gasteiger partial charge in [-0.1, -0.05) is 43.7 Å². The average Bonchev–Trinajstić information content (AvgIpc) is 3.36. The fourth-order valence-electron chi connectivity index (χ4n) is 3.53. The minimum atomic E-state index is -0.221. The van der Waals surface area contributed by atoms with Gasteiger partial charge in [0.05, 0.1) is 5.75 Å². The maximum absolute atomic E-state index is 12.2. The summed E-state index contributed by atoms with van der Waals surface area (Å²) in [6, 6.07) is 8.49. The van der Waals surface area contributed by atoms with E-state index in [0.717, 1.165) is 42.5 Å². The smallest absolute Gasteiger partial charge is 0.230 e. The number of hydrogen-bond acceptors (Lipinski definition) is 5. The predicted octanol–water partition coefficient (Wildman–Crippen LogP) is 4.15. The number of carbonyl (C=O) groups excluding carboxylic acids is 1. The molecule has 28 heavy (non-hydrogen) atoms. The molecule has 1 aromatic heterocycles. The molecule has 0 bridgehead atoms. The van der Waals surface area contributed by atoms with Crippen LogP contribution in [0.15, 0.2) is 29.4 Å². The van der Waals surface area contributed by atoms with E-state index in [9.17, 15) is 4.79 Å². The SMILES string of the molecule is CCc1ccc(OC(C)c2nnc(SCC(=O)NC3CCCC3)n2CC)cc1. The van der Waals surface area contributed by atoms with Gasteiger partial charge < -0.3 is 14.6 Å². The van der Waals surface area contributed by atoms with Gasteiger partial charge in [-0.05, 0) is 50.8 Å². The first kappa shape index (κ1) is 20.7. The van der Waals surface area contributed by atoms with Crippen LogP contribution in [0.2, 0.25) is 0 Å². The minimum Gasteiger partial charge on any atom is -0.483 e. The number of carbonyl (C=O) groups is 1. The molecule has 0 saturated heterocycles. The Bertz CT molecular complexity index is 769. The second-order valence-corrected chi connectivity index (χ2v) is 8.12. The summed E-state index contributed by atoms with van der Waals surface area (Å²) in [7, 11) is 0. The van der Waals surface area contributed by atoms with Crippen molar-refractivity contribution in [2.75, 3.05) is 5.75 Å². The first-order valence-electron chi connectivity index (χ1n) is 10.2. The molecule has 1 saturated carbocycles. The van der Waals surface area contributed by atoms with Gasteiger partial charge in [-0.2, -0.15) is 0 Å². The van der Waals surface area contributed by atoms with Crippen LogP contribution >= 0.6 is 11.8 Å². The third-order valence-electron chi connectivity index (χ3n) is 5.12. The summed E-state index contributed by atoms with van der Waals surface area (Å²) < 4.78 is 8.08. The number of nitrogens with zero attached hydrogens (tertiary/aromatic N) is 3. The van der Waals surface area contributed by atoms with E-state index < -0.39 is 0 Å². The molecule has 1 N–H and O–H groups in total. The number of amides is 1. The minimum absolute atomic E-state index is 0.0735. The zero-order valence-corrected chi connectivity index (χ0v) is 17.8. The largest absolute Gasteiger partial charge is 0.483 e. The summed E-state index contributed by atoms with van der Waals surface area (Å²) in [6.45, 7) is 6.90. The summed E-state index contributed by atoms with van der Waals surface area (Å²) >= 11 is 1.43. The van der Waals surface area contributed by atoms with Gasteiger partial charge in [0, 0.05) is 12.6 Å². The fraction of sp³-hybridized carbons (Fsp3) is 0.571. The standard InChI is InChI=1S/C21H30N4O2S/c1-4-16-10-12-18(13-11-16)27-15(3)20-23-24-21(25(20)5-2)28-14-19(26)22-17-8-6-7-9-17/h10-13,15,17H,4-9,14H2,1-3H3,(H,22,26). The van der Waals surface area contributed by atoms with Gasteiger partial charge in [0.1, 0.15) is 5.75 Å². The second-order valence-electron chi connectivity index (χ2n) is 7.18. The lowest BCUT2D eigenvalue weighted by molar-refractivity contribution is -0.119. The lowest BCUT2D eigenvalue weighted by atomic mass is 10.2. The zero-order chi connectivity index (χ0) is 19.9. The molecule has 1 amide bonds. The molecule has 1 unspecified atom stereocenters. The highest BCUT2D eigenvalue weighted by molar-refractivity contribution is 7.99. The Kier molecular flexibility index (Phi) is 7.36. The summed E-state index contributed by atoms with van der Waals surface area (Å²) in [5.74, 6) is 2.04. The Morgan fingerprint density at radius 1 is 1.25 bits per heavy atom. The molecule has 1 fully saturated rings. The van der Waals surface area contributed by atoms with Crippen molar-refractivity contribution in [3.63, 3.8) is 0 Å². The molecule has 1 heterocycles. The van der Waals surface area contributed by atoms with E-state index in [1.165, 1.54) is 30.2 Å². The van der Waals surface area contributed by atoms with Gasteiger partial charge in [0.25, 0.3) is 0 Å². The highest BCUT2D eigenvalue weighted by Crippen LogP contribution is 2.25. The number of aryl methyl sites for hydroxylation is 1. The molecule has 1 aromatic carbocycles. The predicted molar refractivity (Wildman–Crippen MR) is 112 cm³/mol. The first-order chi connectivity index (χ1) is 13.6. The Hall–Kier alpha value is -2.02. The van der Waals surface area contributed by atoms with Crippen molar-refractivity contribution < 1.29 is 9.53 Å². The van der Waals surface area contributed by atoms with Crippen LogP contribution in [0.4, 0.5) is 0 Å². The lowest BCUT2D eigenvalue weighted by Crippen LogP contribution is -2.33. The van der Waals surface area contributed by atoms with Crippen LogP contribution in [0.1, 0.15) is 63.9 Å². The van der Waals surface area contributed by atoms with E-state index in [1.54, 1.807) is 0 Å². The van der Waals surface area contributed by atoms with Gasteiger partial charge >= 0.3 is 0 Å². The molecule has 0 spiro atoms. The number of thioether (sulfide) groups is 1. The van der Waals surface area contributed by atoms with Crippen molar-refractivity contribution >= 4 is 17.7 Å². The van der Waals surface area contributed by atoms with E-state index in [4.69, 9.17) is 4.74 Å². The Labute approximate surface area is 171 Å². The molecule has 0 radical (unpaired) electrons. The molecular formula is C21H30N4O2S. The van der Waals surface area contributed by atoms with E-state index in [1.807, 2.05) is 23.6 Å². The van der Waals surface area contributed by atoms with Gasteiger partial charge in [-0.25, -0.2) is 0 Å². The van der Waals surface area contributed by atoms with Crippen LogP contribution < -0.4 is 10.1 Å². The number of ether oxygens (including phenoxy) is 1. The number of aromatic nitrogens is 3. The van der Waals surface area contributed by atoms with Crippen LogP contribution in [0, 0.1) is 0 Å². The fourth-order valence-corrected chi connectivity index (χ4v) is 4.36. The van der Waals surface area contributed by atoms with E-state index in [0.29, 0.717) is 11.8 Å². The topological polar surface area (TPSA) is 69.0 Å². The molecule has 152 valence electrons. The van der Waals surface area contributed by atoms with Gasteiger partial charge in [-0.3, -0.25) is 4.79 Å². The van der Waals surface area contributed by atoms with Crippen molar-refractivity contribution in [1.82, 2.24) is 20.1 Å². The maximum atomic E-state index is 12.2. The Morgan fingerprint density at radius 2 is 1.96 bits per heavy atom. The molecule has 7 heteroatoms. The number of benzene rings is 1. The van der Waals surface area contributed by atoms with Gasteiger partial charge in [0.2, 0.25) is 5.91 Å². The van der Waals surface area contributed by atoms with Crippen molar-refractivity contribution in [2.24, 2.45) is 0 Å². The van der Waals surface area contributed by atoms with Crippen LogP contribution in [0.5, 0.6) is 5.75 Å².